The van der Waals surface area contributed by atoms with E-state index >= 15 is 0 Å². The van der Waals surface area contributed by atoms with Crippen LogP contribution in [-0.4, -0.2) is 30.6 Å². The van der Waals surface area contributed by atoms with Crippen molar-refractivity contribution in [3.8, 4) is 0 Å². The molecular weight excluding hydrogens is 256 g/mol. The zero-order valence-corrected chi connectivity index (χ0v) is 13.6. The third kappa shape index (κ3) is 6.03. The molecule has 2 heteroatoms. The van der Waals surface area contributed by atoms with Crippen LogP contribution in [0, 0.1) is 5.92 Å². The smallest absolute Gasteiger partial charge is 0.0239 e. The predicted octanol–water partition coefficient (Wildman–Crippen LogP) is 3.63. The van der Waals surface area contributed by atoms with E-state index in [0.717, 1.165) is 44.6 Å². The molecule has 1 aromatic carbocycles. The van der Waals surface area contributed by atoms with Crippen LogP contribution in [0.15, 0.2) is 36.9 Å². The van der Waals surface area contributed by atoms with E-state index in [2.05, 4.69) is 54.9 Å². The molecule has 1 fully saturated rings. The van der Waals surface area contributed by atoms with Crippen molar-refractivity contribution < 1.29 is 0 Å². The molecule has 1 aliphatic carbocycles. The predicted molar refractivity (Wildman–Crippen MR) is 91.5 cm³/mol. The van der Waals surface area contributed by atoms with Gasteiger partial charge in [0.15, 0.2) is 0 Å². The Morgan fingerprint density at radius 2 is 1.90 bits per heavy atom. The molecule has 0 aromatic heterocycles. The molecule has 0 atom stereocenters. The van der Waals surface area contributed by atoms with Crippen molar-refractivity contribution in [2.45, 2.75) is 45.7 Å². The van der Waals surface area contributed by atoms with Crippen LogP contribution in [0.25, 0.3) is 0 Å². The number of hydrogen-bond acceptors (Lipinski definition) is 2. The van der Waals surface area contributed by atoms with E-state index in [1.807, 2.05) is 6.08 Å². The van der Waals surface area contributed by atoms with Crippen molar-refractivity contribution in [3.63, 3.8) is 0 Å². The van der Waals surface area contributed by atoms with Gasteiger partial charge in [0, 0.05) is 19.1 Å². The molecule has 1 aromatic rings. The van der Waals surface area contributed by atoms with Gasteiger partial charge in [-0.15, -0.1) is 6.58 Å². The van der Waals surface area contributed by atoms with Crippen LogP contribution in [0.5, 0.6) is 0 Å². The zero-order valence-electron chi connectivity index (χ0n) is 13.6. The Balaban J connectivity index is 1.76. The Morgan fingerprint density at radius 1 is 1.24 bits per heavy atom. The monoisotopic (exact) mass is 286 g/mol. The van der Waals surface area contributed by atoms with Gasteiger partial charge in [-0.2, -0.15) is 0 Å². The fourth-order valence-electron chi connectivity index (χ4n) is 2.62. The van der Waals surface area contributed by atoms with E-state index in [1.54, 1.807) is 0 Å². The minimum atomic E-state index is 0.727. The summed E-state index contributed by atoms with van der Waals surface area (Å²) >= 11 is 0. The maximum atomic E-state index is 3.87. The van der Waals surface area contributed by atoms with Gasteiger partial charge in [0.05, 0.1) is 0 Å². The summed E-state index contributed by atoms with van der Waals surface area (Å²) in [5, 5.41) is 3.50. The number of hydrogen-bond donors (Lipinski definition) is 1. The minimum absolute atomic E-state index is 0.727. The van der Waals surface area contributed by atoms with Crippen molar-refractivity contribution in [1.29, 1.82) is 0 Å². The van der Waals surface area contributed by atoms with E-state index in [1.165, 1.54) is 24.0 Å². The number of rotatable bonds is 10. The molecule has 2 rings (SSSR count). The first kappa shape index (κ1) is 16.3. The third-order valence-corrected chi connectivity index (χ3v) is 3.98. The van der Waals surface area contributed by atoms with Crippen molar-refractivity contribution in [2.75, 3.05) is 19.6 Å². The maximum Gasteiger partial charge on any atom is 0.0239 e. The summed E-state index contributed by atoms with van der Waals surface area (Å²) in [6, 6.07) is 9.94. The minimum Gasteiger partial charge on any atom is -0.316 e. The van der Waals surface area contributed by atoms with Crippen LogP contribution in [0.4, 0.5) is 0 Å². The first-order valence-electron chi connectivity index (χ1n) is 8.32. The number of nitrogens with one attached hydrogen (secondary N) is 1. The van der Waals surface area contributed by atoms with Gasteiger partial charge >= 0.3 is 0 Å². The lowest BCUT2D eigenvalue weighted by atomic mass is 10.1. The Morgan fingerprint density at radius 3 is 2.48 bits per heavy atom. The van der Waals surface area contributed by atoms with Gasteiger partial charge < -0.3 is 5.32 Å². The normalized spacial score (nSPS) is 14.9. The number of benzene rings is 1. The Bertz CT molecular complexity index is 418. The molecule has 116 valence electrons. The van der Waals surface area contributed by atoms with Gasteiger partial charge in [0.2, 0.25) is 0 Å². The number of nitrogens with zero attached hydrogens (tertiary/aromatic N) is 1. The molecule has 0 aliphatic heterocycles. The lowest BCUT2D eigenvalue weighted by Gasteiger charge is -2.20. The quantitative estimate of drug-likeness (QED) is 0.522. The SMILES string of the molecule is C=CCN(Cc1ccc(CCNCC(C)C)cc1)C1CC1. The van der Waals surface area contributed by atoms with Gasteiger partial charge in [-0.3, -0.25) is 4.90 Å². The van der Waals surface area contributed by atoms with E-state index in [-0.39, 0.29) is 0 Å². The second-order valence-corrected chi connectivity index (χ2v) is 6.61. The molecule has 21 heavy (non-hydrogen) atoms. The van der Waals surface area contributed by atoms with Crippen molar-refractivity contribution in [1.82, 2.24) is 10.2 Å². The van der Waals surface area contributed by atoms with E-state index < -0.39 is 0 Å². The first-order valence-corrected chi connectivity index (χ1v) is 8.32. The summed E-state index contributed by atoms with van der Waals surface area (Å²) in [5.41, 5.74) is 2.85. The zero-order chi connectivity index (χ0) is 15.1. The average molecular weight is 286 g/mol. The third-order valence-electron chi connectivity index (χ3n) is 3.98. The lowest BCUT2D eigenvalue weighted by molar-refractivity contribution is 0.284. The fraction of sp³-hybridized carbons (Fsp3) is 0.579. The van der Waals surface area contributed by atoms with Crippen molar-refractivity contribution in [3.05, 3.63) is 48.0 Å². The Kier molecular flexibility index (Phi) is 6.47. The fourth-order valence-corrected chi connectivity index (χ4v) is 2.62. The average Bonchev–Trinajstić information content (AvgIpc) is 3.29. The molecule has 1 aliphatic rings. The maximum absolute atomic E-state index is 3.87. The van der Waals surface area contributed by atoms with E-state index in [9.17, 15) is 0 Å². The van der Waals surface area contributed by atoms with Crippen molar-refractivity contribution in [2.24, 2.45) is 5.92 Å². The van der Waals surface area contributed by atoms with Gasteiger partial charge in [0.1, 0.15) is 0 Å². The molecule has 0 radical (unpaired) electrons. The summed E-state index contributed by atoms with van der Waals surface area (Å²) in [7, 11) is 0. The Hall–Kier alpha value is -1.12. The first-order chi connectivity index (χ1) is 10.2. The lowest BCUT2D eigenvalue weighted by Crippen LogP contribution is -2.25. The highest BCUT2D eigenvalue weighted by Crippen LogP contribution is 2.28. The van der Waals surface area contributed by atoms with Crippen molar-refractivity contribution >= 4 is 0 Å². The van der Waals surface area contributed by atoms with Crippen LogP contribution < -0.4 is 5.32 Å². The molecule has 1 saturated carbocycles. The van der Waals surface area contributed by atoms with Gasteiger partial charge in [-0.1, -0.05) is 44.2 Å². The van der Waals surface area contributed by atoms with Crippen LogP contribution in [0.3, 0.4) is 0 Å². The highest BCUT2D eigenvalue weighted by Gasteiger charge is 2.27. The van der Waals surface area contributed by atoms with Gasteiger partial charge in [-0.25, -0.2) is 0 Å². The van der Waals surface area contributed by atoms with Gasteiger partial charge in [0.25, 0.3) is 0 Å². The molecule has 0 heterocycles. The molecule has 0 bridgehead atoms. The van der Waals surface area contributed by atoms with E-state index in [0.29, 0.717) is 0 Å². The summed E-state index contributed by atoms with van der Waals surface area (Å²) in [5.74, 6) is 0.727. The summed E-state index contributed by atoms with van der Waals surface area (Å²) < 4.78 is 0. The second-order valence-electron chi connectivity index (χ2n) is 6.61. The standard InChI is InChI=1S/C19H30N2/c1-4-13-21(19-9-10-19)15-18-7-5-17(6-8-18)11-12-20-14-16(2)3/h4-8,16,19-20H,1,9-15H2,2-3H3. The molecule has 0 unspecified atom stereocenters. The molecule has 1 N–H and O–H groups in total. The van der Waals surface area contributed by atoms with Crippen LogP contribution in [-0.2, 0) is 13.0 Å². The molecule has 0 spiro atoms. The molecule has 0 saturated heterocycles. The Labute approximate surface area is 130 Å². The second kappa shape index (κ2) is 8.35. The van der Waals surface area contributed by atoms with Crippen LogP contribution >= 0.6 is 0 Å². The van der Waals surface area contributed by atoms with E-state index in [4.69, 9.17) is 0 Å². The highest BCUT2D eigenvalue weighted by molar-refractivity contribution is 5.23. The summed E-state index contributed by atoms with van der Waals surface area (Å²) in [6.45, 7) is 12.6. The summed E-state index contributed by atoms with van der Waals surface area (Å²) in [4.78, 5) is 2.53. The van der Waals surface area contributed by atoms with Crippen LogP contribution in [0.2, 0.25) is 0 Å². The topological polar surface area (TPSA) is 15.3 Å². The largest absolute Gasteiger partial charge is 0.316 e. The summed E-state index contributed by atoms with van der Waals surface area (Å²) in [6.07, 6.45) is 5.85. The molecule has 0 amide bonds. The van der Waals surface area contributed by atoms with Gasteiger partial charge in [-0.05, 0) is 49.4 Å². The molecular formula is C19H30N2. The highest BCUT2D eigenvalue weighted by atomic mass is 15.2. The van der Waals surface area contributed by atoms with Crippen LogP contribution in [0.1, 0.15) is 37.8 Å². The molecule has 2 nitrogen and oxygen atoms in total.